The van der Waals surface area contributed by atoms with Gasteiger partial charge in [0.05, 0.1) is 9.92 Å². The Hall–Kier alpha value is -1.33. The minimum Gasteiger partial charge on any atom is -0.477 e. The second-order valence-corrected chi connectivity index (χ2v) is 5.24. The highest BCUT2D eigenvalue weighted by Gasteiger charge is 2.35. The van der Waals surface area contributed by atoms with Crippen molar-refractivity contribution in [1.29, 1.82) is 0 Å². The molecule has 0 aromatic heterocycles. The van der Waals surface area contributed by atoms with Gasteiger partial charge in [-0.05, 0) is 17.7 Å². The maximum atomic E-state index is 11.7. The number of carboxylic acid groups (broad SMARTS) is 1. The van der Waals surface area contributed by atoms with Gasteiger partial charge >= 0.3 is 5.97 Å². The summed E-state index contributed by atoms with van der Waals surface area (Å²) >= 11 is 5.72. The Morgan fingerprint density at radius 1 is 1.33 bits per heavy atom. The molecular weight excluding hydrogens is 240 g/mol. The highest BCUT2D eigenvalue weighted by molar-refractivity contribution is 7.97. The maximum Gasteiger partial charge on any atom is 0.347 e. The Bertz CT molecular complexity index is 586. The van der Waals surface area contributed by atoms with Gasteiger partial charge in [-0.1, -0.05) is 23.7 Å². The number of hydrogen-bond acceptors (Lipinski definition) is 3. The van der Waals surface area contributed by atoms with Gasteiger partial charge < -0.3 is 5.11 Å². The molecule has 1 aromatic carbocycles. The Kier molecular flexibility index (Phi) is 2.09. The van der Waals surface area contributed by atoms with E-state index in [0.29, 0.717) is 5.56 Å². The molecule has 1 aliphatic heterocycles. The first kappa shape index (κ1) is 10.2. The van der Waals surface area contributed by atoms with Crippen molar-refractivity contribution in [3.8, 4) is 0 Å². The predicted molar refractivity (Wildman–Crippen MR) is 54.3 cm³/mol. The van der Waals surface area contributed by atoms with Crippen LogP contribution in [0.25, 0.3) is 6.08 Å². The molecule has 1 aliphatic rings. The van der Waals surface area contributed by atoms with E-state index in [1.54, 1.807) is 6.07 Å². The zero-order valence-corrected chi connectivity index (χ0v) is 8.84. The Morgan fingerprint density at radius 2 is 2.00 bits per heavy atom. The lowest BCUT2D eigenvalue weighted by Gasteiger charge is -2.01. The number of fused-ring (bicyclic) bond motifs is 1. The summed E-state index contributed by atoms with van der Waals surface area (Å²) in [6, 6.07) is 4.49. The summed E-state index contributed by atoms with van der Waals surface area (Å²) in [6.45, 7) is 0. The smallest absolute Gasteiger partial charge is 0.347 e. The molecule has 0 aliphatic carbocycles. The number of halogens is 1. The monoisotopic (exact) mass is 244 g/mol. The fourth-order valence-electron chi connectivity index (χ4n) is 1.43. The second-order valence-electron chi connectivity index (χ2n) is 2.98. The van der Waals surface area contributed by atoms with E-state index in [2.05, 4.69) is 0 Å². The first-order chi connectivity index (χ1) is 6.94. The van der Waals surface area contributed by atoms with Gasteiger partial charge in [0, 0.05) is 0 Å². The van der Waals surface area contributed by atoms with E-state index in [9.17, 15) is 13.2 Å². The van der Waals surface area contributed by atoms with Crippen LogP contribution in [-0.4, -0.2) is 19.5 Å². The molecule has 1 aromatic rings. The molecule has 0 radical (unpaired) electrons. The molecule has 6 heteroatoms. The topological polar surface area (TPSA) is 71.4 Å². The summed E-state index contributed by atoms with van der Waals surface area (Å²) in [5.74, 6) is -1.47. The normalized spacial score (nSPS) is 17.0. The molecule has 1 heterocycles. The first-order valence-electron chi connectivity index (χ1n) is 3.93. The second kappa shape index (κ2) is 3.08. The average molecular weight is 245 g/mol. The highest BCUT2D eigenvalue weighted by atomic mass is 35.5. The molecule has 0 atom stereocenters. The predicted octanol–water partition coefficient (Wildman–Crippen LogP) is 1.55. The van der Waals surface area contributed by atoms with Crippen molar-refractivity contribution in [3.63, 3.8) is 0 Å². The van der Waals surface area contributed by atoms with Crippen LogP contribution in [0.4, 0.5) is 0 Å². The molecule has 4 nitrogen and oxygen atoms in total. The van der Waals surface area contributed by atoms with Crippen LogP contribution in [0.3, 0.4) is 0 Å². The van der Waals surface area contributed by atoms with Crippen LogP contribution in [0.5, 0.6) is 0 Å². The fraction of sp³-hybridized carbons (Fsp3) is 0. The molecule has 0 amide bonds. The van der Waals surface area contributed by atoms with Gasteiger partial charge in [0.15, 0.2) is 4.91 Å². The fourth-order valence-corrected chi connectivity index (χ4v) is 3.41. The lowest BCUT2D eigenvalue weighted by atomic mass is 10.2. The number of aliphatic carboxylic acids is 1. The van der Waals surface area contributed by atoms with Crippen molar-refractivity contribution in [1.82, 2.24) is 0 Å². The van der Waals surface area contributed by atoms with Gasteiger partial charge in [-0.3, -0.25) is 0 Å². The molecule has 2 rings (SSSR count). The quantitative estimate of drug-likeness (QED) is 0.814. The third-order valence-corrected chi connectivity index (χ3v) is 4.34. The van der Waals surface area contributed by atoms with E-state index in [0.717, 1.165) is 6.08 Å². The molecule has 0 saturated heterocycles. The number of benzene rings is 1. The van der Waals surface area contributed by atoms with Crippen molar-refractivity contribution in [2.75, 3.05) is 0 Å². The minimum atomic E-state index is -3.95. The molecular formula is C9H5ClO4S. The summed E-state index contributed by atoms with van der Waals surface area (Å²) in [7, 11) is -3.95. The van der Waals surface area contributed by atoms with E-state index in [4.69, 9.17) is 16.7 Å². The van der Waals surface area contributed by atoms with Crippen molar-refractivity contribution in [2.24, 2.45) is 0 Å². The Morgan fingerprint density at radius 3 is 2.53 bits per heavy atom. The number of rotatable bonds is 1. The van der Waals surface area contributed by atoms with E-state index < -0.39 is 20.7 Å². The minimum absolute atomic E-state index is 0.0417. The van der Waals surface area contributed by atoms with Crippen LogP contribution in [0.2, 0.25) is 5.02 Å². The lowest BCUT2D eigenvalue weighted by molar-refractivity contribution is -0.131. The summed E-state index contributed by atoms with van der Waals surface area (Å²) in [4.78, 5) is 9.95. The molecule has 0 bridgehead atoms. The zero-order valence-electron chi connectivity index (χ0n) is 7.27. The van der Waals surface area contributed by atoms with E-state index >= 15 is 0 Å². The van der Waals surface area contributed by atoms with Gasteiger partial charge in [0.25, 0.3) is 0 Å². The average Bonchev–Trinajstić information content (AvgIpc) is 2.39. The molecule has 0 fully saturated rings. The Balaban J connectivity index is 2.80. The molecule has 15 heavy (non-hydrogen) atoms. The summed E-state index contributed by atoms with van der Waals surface area (Å²) in [5, 5.41) is 8.76. The van der Waals surface area contributed by atoms with Crippen molar-refractivity contribution in [3.05, 3.63) is 33.7 Å². The molecule has 0 unspecified atom stereocenters. The Labute approximate surface area is 90.7 Å². The van der Waals surface area contributed by atoms with E-state index in [1.165, 1.54) is 12.1 Å². The molecule has 1 N–H and O–H groups in total. The highest BCUT2D eigenvalue weighted by Crippen LogP contribution is 2.37. The van der Waals surface area contributed by atoms with Crippen molar-refractivity contribution in [2.45, 2.75) is 4.90 Å². The van der Waals surface area contributed by atoms with Crippen LogP contribution in [0.15, 0.2) is 28.0 Å². The third kappa shape index (κ3) is 1.35. The van der Waals surface area contributed by atoms with E-state index in [-0.39, 0.29) is 9.92 Å². The number of hydrogen-bond donors (Lipinski definition) is 1. The zero-order chi connectivity index (χ0) is 11.2. The summed E-state index contributed by atoms with van der Waals surface area (Å²) in [6.07, 6.45) is 1.11. The van der Waals surface area contributed by atoms with Crippen molar-refractivity contribution < 1.29 is 18.3 Å². The number of carboxylic acids is 1. The van der Waals surface area contributed by atoms with Crippen LogP contribution in [0, 0.1) is 0 Å². The maximum absolute atomic E-state index is 11.7. The summed E-state index contributed by atoms with van der Waals surface area (Å²) in [5.41, 5.74) is 0.319. The third-order valence-electron chi connectivity index (χ3n) is 2.05. The van der Waals surface area contributed by atoms with Gasteiger partial charge in [0.1, 0.15) is 0 Å². The first-order valence-corrected chi connectivity index (χ1v) is 5.79. The van der Waals surface area contributed by atoms with Crippen LogP contribution in [-0.2, 0) is 14.6 Å². The van der Waals surface area contributed by atoms with Crippen LogP contribution < -0.4 is 0 Å². The van der Waals surface area contributed by atoms with Gasteiger partial charge in [-0.25, -0.2) is 13.2 Å². The van der Waals surface area contributed by atoms with Gasteiger partial charge in [-0.15, -0.1) is 0 Å². The molecule has 78 valence electrons. The van der Waals surface area contributed by atoms with Crippen molar-refractivity contribution >= 4 is 33.5 Å². The van der Waals surface area contributed by atoms with Crippen LogP contribution >= 0.6 is 11.6 Å². The summed E-state index contributed by atoms with van der Waals surface area (Å²) < 4.78 is 23.4. The standard InChI is InChI=1S/C9H5ClO4S/c10-6-3-1-2-5-4-7(9(11)12)15(13,14)8(5)6/h1-4H,(H,11,12). The van der Waals surface area contributed by atoms with E-state index in [1.807, 2.05) is 0 Å². The number of sulfone groups is 1. The molecule has 0 spiro atoms. The number of carbonyl (C=O) groups is 1. The largest absolute Gasteiger partial charge is 0.477 e. The van der Waals surface area contributed by atoms with Crippen LogP contribution in [0.1, 0.15) is 5.56 Å². The van der Waals surface area contributed by atoms with Gasteiger partial charge in [0.2, 0.25) is 9.84 Å². The SMILES string of the molecule is O=C(O)C1=Cc2cccc(Cl)c2S1(=O)=O. The lowest BCUT2D eigenvalue weighted by Crippen LogP contribution is -2.09. The molecule has 0 saturated carbocycles. The van der Waals surface area contributed by atoms with Gasteiger partial charge in [-0.2, -0.15) is 0 Å².